The first-order valence-electron chi connectivity index (χ1n) is 5.79. The molecule has 2 aromatic rings. The zero-order chi connectivity index (χ0) is 13.8. The first-order valence-corrected chi connectivity index (χ1v) is 6.96. The molecular weight excluding hydrogens is 328 g/mol. The van der Waals surface area contributed by atoms with Crippen molar-refractivity contribution in [1.29, 1.82) is 0 Å². The SMILES string of the molecule is O=C(O)CC(c1ccc(Cl)cc1)c1ccc(Br)cc1. The normalized spacial score (nSPS) is 12.1. The van der Waals surface area contributed by atoms with Gasteiger partial charge in [0.15, 0.2) is 0 Å². The van der Waals surface area contributed by atoms with E-state index in [0.29, 0.717) is 5.02 Å². The Morgan fingerprint density at radius 1 is 1.05 bits per heavy atom. The summed E-state index contributed by atoms with van der Waals surface area (Å²) in [5.41, 5.74) is 1.93. The predicted molar refractivity (Wildman–Crippen MR) is 79.7 cm³/mol. The van der Waals surface area contributed by atoms with Crippen molar-refractivity contribution < 1.29 is 9.90 Å². The summed E-state index contributed by atoms with van der Waals surface area (Å²) in [5, 5.41) is 9.73. The summed E-state index contributed by atoms with van der Waals surface area (Å²) in [6.45, 7) is 0. The van der Waals surface area contributed by atoms with Crippen LogP contribution in [-0.4, -0.2) is 11.1 Å². The number of rotatable bonds is 4. The maximum Gasteiger partial charge on any atom is 0.304 e. The number of carboxylic acids is 1. The third kappa shape index (κ3) is 3.82. The lowest BCUT2D eigenvalue weighted by Gasteiger charge is -2.16. The van der Waals surface area contributed by atoms with Crippen molar-refractivity contribution in [2.75, 3.05) is 0 Å². The summed E-state index contributed by atoms with van der Waals surface area (Å²) in [7, 11) is 0. The van der Waals surface area contributed by atoms with Gasteiger partial charge in [-0.05, 0) is 35.4 Å². The second-order valence-electron chi connectivity index (χ2n) is 4.25. The van der Waals surface area contributed by atoms with Crippen LogP contribution in [0.3, 0.4) is 0 Å². The molecule has 0 aromatic heterocycles. The van der Waals surface area contributed by atoms with Gasteiger partial charge in [0, 0.05) is 15.4 Å². The van der Waals surface area contributed by atoms with Crippen LogP contribution in [-0.2, 0) is 4.79 Å². The Bertz CT molecular complexity index is 518. The summed E-state index contributed by atoms with van der Waals surface area (Å²) in [4.78, 5) is 11.1. The third-order valence-corrected chi connectivity index (χ3v) is 3.70. The first kappa shape index (κ1) is 14.1. The molecular formula is C15H12BrClO2. The van der Waals surface area contributed by atoms with E-state index in [1.165, 1.54) is 0 Å². The van der Waals surface area contributed by atoms with Gasteiger partial charge in [0.25, 0.3) is 0 Å². The minimum absolute atomic E-state index is 0.0588. The maximum atomic E-state index is 11.1. The van der Waals surface area contributed by atoms with Crippen molar-refractivity contribution in [2.45, 2.75) is 12.3 Å². The van der Waals surface area contributed by atoms with E-state index in [9.17, 15) is 4.79 Å². The molecule has 2 rings (SSSR count). The van der Waals surface area contributed by atoms with Crippen LogP contribution in [0.1, 0.15) is 23.5 Å². The number of hydrogen-bond acceptors (Lipinski definition) is 1. The summed E-state index contributed by atoms with van der Waals surface area (Å²) in [6.07, 6.45) is 0.0588. The second-order valence-corrected chi connectivity index (χ2v) is 5.61. The minimum atomic E-state index is -0.817. The van der Waals surface area contributed by atoms with Crippen LogP contribution in [0.15, 0.2) is 53.0 Å². The number of halogens is 2. The molecule has 1 unspecified atom stereocenters. The fourth-order valence-corrected chi connectivity index (χ4v) is 2.38. The lowest BCUT2D eigenvalue weighted by Crippen LogP contribution is -2.07. The molecule has 0 aliphatic heterocycles. The van der Waals surface area contributed by atoms with Crippen molar-refractivity contribution in [2.24, 2.45) is 0 Å². The molecule has 2 aromatic carbocycles. The lowest BCUT2D eigenvalue weighted by atomic mass is 9.89. The molecule has 0 bridgehead atoms. The summed E-state index contributed by atoms with van der Waals surface area (Å²) in [6, 6.07) is 15.0. The highest BCUT2D eigenvalue weighted by atomic mass is 79.9. The molecule has 1 N–H and O–H groups in total. The summed E-state index contributed by atoms with van der Waals surface area (Å²) < 4.78 is 0.974. The predicted octanol–water partition coefficient (Wildman–Crippen LogP) is 4.71. The topological polar surface area (TPSA) is 37.3 Å². The lowest BCUT2D eigenvalue weighted by molar-refractivity contribution is -0.137. The van der Waals surface area contributed by atoms with E-state index in [0.717, 1.165) is 15.6 Å². The first-order chi connectivity index (χ1) is 9.06. The van der Waals surface area contributed by atoms with Gasteiger partial charge in [0.1, 0.15) is 0 Å². The zero-order valence-corrected chi connectivity index (χ0v) is 12.4. The zero-order valence-electron chi connectivity index (χ0n) is 10.0. The number of carboxylic acid groups (broad SMARTS) is 1. The van der Waals surface area contributed by atoms with Crippen LogP contribution in [0.25, 0.3) is 0 Å². The fraction of sp³-hybridized carbons (Fsp3) is 0.133. The van der Waals surface area contributed by atoms with Gasteiger partial charge in [0.2, 0.25) is 0 Å². The highest BCUT2D eigenvalue weighted by molar-refractivity contribution is 9.10. The third-order valence-electron chi connectivity index (χ3n) is 2.92. The van der Waals surface area contributed by atoms with Gasteiger partial charge in [-0.25, -0.2) is 0 Å². The van der Waals surface area contributed by atoms with Gasteiger partial charge in [0.05, 0.1) is 6.42 Å². The Balaban J connectivity index is 2.37. The fourth-order valence-electron chi connectivity index (χ4n) is 1.99. The van der Waals surface area contributed by atoms with Crippen molar-refractivity contribution in [3.8, 4) is 0 Å². The average molecular weight is 340 g/mol. The number of benzene rings is 2. The molecule has 19 heavy (non-hydrogen) atoms. The van der Waals surface area contributed by atoms with Gasteiger partial charge in [-0.2, -0.15) is 0 Å². The number of hydrogen-bond donors (Lipinski definition) is 1. The van der Waals surface area contributed by atoms with E-state index in [2.05, 4.69) is 15.9 Å². The number of carbonyl (C=O) groups is 1. The average Bonchev–Trinajstić information content (AvgIpc) is 2.38. The van der Waals surface area contributed by atoms with Crippen molar-refractivity contribution in [3.63, 3.8) is 0 Å². The van der Waals surface area contributed by atoms with Crippen LogP contribution in [0.5, 0.6) is 0 Å². The van der Waals surface area contributed by atoms with Crippen molar-refractivity contribution >= 4 is 33.5 Å². The molecule has 0 amide bonds. The molecule has 0 heterocycles. The van der Waals surface area contributed by atoms with Crippen LogP contribution < -0.4 is 0 Å². The molecule has 0 saturated carbocycles. The van der Waals surface area contributed by atoms with Crippen LogP contribution in [0, 0.1) is 0 Å². The quantitative estimate of drug-likeness (QED) is 0.876. The Hall–Kier alpha value is -1.32. The molecule has 98 valence electrons. The van der Waals surface area contributed by atoms with Crippen molar-refractivity contribution in [3.05, 3.63) is 69.2 Å². The van der Waals surface area contributed by atoms with E-state index >= 15 is 0 Å². The molecule has 0 aliphatic carbocycles. The van der Waals surface area contributed by atoms with Gasteiger partial charge in [-0.3, -0.25) is 4.79 Å². The molecule has 4 heteroatoms. The molecule has 0 fully saturated rings. The van der Waals surface area contributed by atoms with Gasteiger partial charge in [-0.15, -0.1) is 0 Å². The van der Waals surface area contributed by atoms with Crippen LogP contribution in [0.2, 0.25) is 5.02 Å². The van der Waals surface area contributed by atoms with E-state index in [1.54, 1.807) is 12.1 Å². The van der Waals surface area contributed by atoms with Gasteiger partial charge in [-0.1, -0.05) is 51.8 Å². The van der Waals surface area contributed by atoms with E-state index < -0.39 is 5.97 Å². The molecule has 0 spiro atoms. The number of aliphatic carboxylic acids is 1. The molecule has 0 saturated heterocycles. The van der Waals surface area contributed by atoms with Gasteiger partial charge >= 0.3 is 5.97 Å². The molecule has 2 nitrogen and oxygen atoms in total. The Morgan fingerprint density at radius 3 is 2.00 bits per heavy atom. The van der Waals surface area contributed by atoms with E-state index in [1.807, 2.05) is 36.4 Å². The summed E-state index contributed by atoms with van der Waals surface area (Å²) in [5.74, 6) is -0.981. The van der Waals surface area contributed by atoms with Crippen LogP contribution >= 0.6 is 27.5 Å². The molecule has 0 radical (unpaired) electrons. The molecule has 1 atom stereocenters. The smallest absolute Gasteiger partial charge is 0.304 e. The second kappa shape index (κ2) is 6.22. The Kier molecular flexibility index (Phi) is 4.61. The highest BCUT2D eigenvalue weighted by Crippen LogP contribution is 2.29. The summed E-state index contributed by atoms with van der Waals surface area (Å²) >= 11 is 9.24. The van der Waals surface area contributed by atoms with Crippen LogP contribution in [0.4, 0.5) is 0 Å². The maximum absolute atomic E-state index is 11.1. The monoisotopic (exact) mass is 338 g/mol. The Morgan fingerprint density at radius 2 is 1.53 bits per heavy atom. The largest absolute Gasteiger partial charge is 0.481 e. The minimum Gasteiger partial charge on any atom is -0.481 e. The molecule has 0 aliphatic rings. The van der Waals surface area contributed by atoms with E-state index in [4.69, 9.17) is 16.7 Å². The highest BCUT2D eigenvalue weighted by Gasteiger charge is 2.17. The van der Waals surface area contributed by atoms with Crippen molar-refractivity contribution in [1.82, 2.24) is 0 Å². The Labute approximate surface area is 125 Å². The van der Waals surface area contributed by atoms with E-state index in [-0.39, 0.29) is 12.3 Å². The standard InChI is InChI=1S/C15H12BrClO2/c16-12-5-1-10(2-6-12)14(9-15(18)19)11-3-7-13(17)8-4-11/h1-8,14H,9H2,(H,18,19). The van der Waals surface area contributed by atoms with Gasteiger partial charge < -0.3 is 5.11 Å².